The van der Waals surface area contributed by atoms with Crippen LogP contribution in [0, 0.1) is 0 Å². The highest BCUT2D eigenvalue weighted by atomic mass is 16.5. The van der Waals surface area contributed by atoms with Crippen LogP contribution in [0.5, 0.6) is 5.75 Å². The number of rotatable bonds is 10. The quantitative estimate of drug-likeness (QED) is 0.710. The van der Waals surface area contributed by atoms with E-state index >= 15 is 0 Å². The monoisotopic (exact) mass is 278 g/mol. The summed E-state index contributed by atoms with van der Waals surface area (Å²) in [5.41, 5.74) is 7.28. The first-order valence-corrected chi connectivity index (χ1v) is 7.94. The second kappa shape index (κ2) is 9.78. The molecule has 3 nitrogen and oxygen atoms in total. The van der Waals surface area contributed by atoms with Crippen molar-refractivity contribution < 1.29 is 4.74 Å². The number of ether oxygens (including phenoxy) is 1. The van der Waals surface area contributed by atoms with Crippen LogP contribution in [0.1, 0.15) is 51.6 Å². The number of hydrogen-bond acceptors (Lipinski definition) is 3. The van der Waals surface area contributed by atoms with E-state index in [2.05, 4.69) is 43.9 Å². The average Bonchev–Trinajstić information content (AvgIpc) is 2.50. The zero-order valence-electron chi connectivity index (χ0n) is 13.3. The van der Waals surface area contributed by atoms with Crippen molar-refractivity contribution in [3.63, 3.8) is 0 Å². The van der Waals surface area contributed by atoms with E-state index in [1.165, 1.54) is 18.4 Å². The topological polar surface area (TPSA) is 38.5 Å². The Labute approximate surface area is 124 Å². The third-order valence-corrected chi connectivity index (χ3v) is 3.61. The molecule has 20 heavy (non-hydrogen) atoms. The van der Waals surface area contributed by atoms with Crippen LogP contribution < -0.4 is 10.5 Å². The van der Waals surface area contributed by atoms with Crippen LogP contribution in [0.2, 0.25) is 0 Å². The maximum absolute atomic E-state index is 6.05. The van der Waals surface area contributed by atoms with Crippen LogP contribution in [0.15, 0.2) is 24.3 Å². The van der Waals surface area contributed by atoms with Crippen molar-refractivity contribution in [3.05, 3.63) is 29.8 Å². The summed E-state index contributed by atoms with van der Waals surface area (Å²) in [4.78, 5) is 2.46. The van der Waals surface area contributed by atoms with Gasteiger partial charge in [-0.3, -0.25) is 4.90 Å². The summed E-state index contributed by atoms with van der Waals surface area (Å²) < 4.78 is 5.89. The largest absolute Gasteiger partial charge is 0.493 e. The number of nitrogens with two attached hydrogens (primary N) is 1. The zero-order valence-corrected chi connectivity index (χ0v) is 13.3. The molecule has 3 heteroatoms. The van der Waals surface area contributed by atoms with Gasteiger partial charge in [-0.1, -0.05) is 45.4 Å². The van der Waals surface area contributed by atoms with Gasteiger partial charge in [0.15, 0.2) is 0 Å². The van der Waals surface area contributed by atoms with Crippen molar-refractivity contribution in [1.29, 1.82) is 0 Å². The fraction of sp³-hybridized carbons (Fsp3) is 0.647. The molecule has 1 rings (SSSR count). The van der Waals surface area contributed by atoms with Crippen LogP contribution in [0.25, 0.3) is 0 Å². The van der Waals surface area contributed by atoms with Gasteiger partial charge >= 0.3 is 0 Å². The first kappa shape index (κ1) is 17.0. The van der Waals surface area contributed by atoms with Gasteiger partial charge in [0.25, 0.3) is 0 Å². The Kier molecular flexibility index (Phi) is 8.31. The first-order chi connectivity index (χ1) is 9.78. The fourth-order valence-corrected chi connectivity index (χ4v) is 2.47. The van der Waals surface area contributed by atoms with Gasteiger partial charge in [0.05, 0.1) is 12.6 Å². The molecule has 0 bridgehead atoms. The molecule has 0 saturated heterocycles. The molecule has 0 aliphatic rings. The first-order valence-electron chi connectivity index (χ1n) is 7.94. The molecule has 1 aromatic carbocycles. The van der Waals surface area contributed by atoms with E-state index in [1.54, 1.807) is 0 Å². The summed E-state index contributed by atoms with van der Waals surface area (Å²) in [5.74, 6) is 0.986. The summed E-state index contributed by atoms with van der Waals surface area (Å²) in [6.45, 7) is 10.1. The highest BCUT2D eigenvalue weighted by Crippen LogP contribution is 2.29. The Morgan fingerprint density at radius 2 is 1.90 bits per heavy atom. The molecule has 0 amide bonds. The predicted molar refractivity (Wildman–Crippen MR) is 86.2 cm³/mol. The van der Waals surface area contributed by atoms with E-state index in [0.29, 0.717) is 6.54 Å². The van der Waals surface area contributed by atoms with E-state index in [0.717, 1.165) is 31.9 Å². The Bertz CT molecular complexity index is 368. The van der Waals surface area contributed by atoms with Gasteiger partial charge in [0.2, 0.25) is 0 Å². The Hall–Kier alpha value is -1.06. The minimum atomic E-state index is 0.250. The molecule has 0 aromatic heterocycles. The summed E-state index contributed by atoms with van der Waals surface area (Å²) in [5, 5.41) is 0. The van der Waals surface area contributed by atoms with E-state index < -0.39 is 0 Å². The van der Waals surface area contributed by atoms with Crippen LogP contribution in [0.3, 0.4) is 0 Å². The van der Waals surface area contributed by atoms with E-state index in [1.807, 2.05) is 6.07 Å². The van der Waals surface area contributed by atoms with E-state index in [4.69, 9.17) is 10.5 Å². The van der Waals surface area contributed by atoms with Crippen LogP contribution in [-0.4, -0.2) is 31.1 Å². The number of hydrogen-bond donors (Lipinski definition) is 1. The molecule has 0 saturated carbocycles. The highest BCUT2D eigenvalue weighted by molar-refractivity contribution is 5.36. The number of para-hydroxylation sites is 1. The van der Waals surface area contributed by atoms with Crippen molar-refractivity contribution >= 4 is 0 Å². The Morgan fingerprint density at radius 3 is 2.50 bits per heavy atom. The lowest BCUT2D eigenvalue weighted by Crippen LogP contribution is -2.34. The normalized spacial score (nSPS) is 12.7. The number of likely N-dealkylation sites (N-methyl/N-ethyl adjacent to an activating group) is 1. The van der Waals surface area contributed by atoms with Gasteiger partial charge in [-0.05, 0) is 32.0 Å². The molecule has 2 N–H and O–H groups in total. The number of benzene rings is 1. The van der Waals surface area contributed by atoms with Crippen molar-refractivity contribution in [1.82, 2.24) is 4.90 Å². The third kappa shape index (κ3) is 4.80. The van der Waals surface area contributed by atoms with E-state index in [9.17, 15) is 0 Å². The SMILES string of the molecule is CCCCN(CC)C(CN)c1ccccc1OCCC. The third-order valence-electron chi connectivity index (χ3n) is 3.61. The molecule has 1 aromatic rings. The molecule has 0 aliphatic carbocycles. The van der Waals surface area contributed by atoms with Gasteiger partial charge in [-0.25, -0.2) is 0 Å². The Morgan fingerprint density at radius 1 is 1.15 bits per heavy atom. The lowest BCUT2D eigenvalue weighted by Gasteiger charge is -2.31. The van der Waals surface area contributed by atoms with Crippen LogP contribution >= 0.6 is 0 Å². The molecule has 0 heterocycles. The predicted octanol–water partition coefficient (Wildman–Crippen LogP) is 3.60. The van der Waals surface area contributed by atoms with Crippen LogP contribution in [0.4, 0.5) is 0 Å². The summed E-state index contributed by atoms with van der Waals surface area (Å²) >= 11 is 0. The molecule has 0 fully saturated rings. The van der Waals surface area contributed by atoms with Crippen LogP contribution in [-0.2, 0) is 0 Å². The van der Waals surface area contributed by atoms with Gasteiger partial charge < -0.3 is 10.5 Å². The van der Waals surface area contributed by atoms with Gasteiger partial charge in [-0.2, -0.15) is 0 Å². The minimum absolute atomic E-state index is 0.250. The molecule has 0 spiro atoms. The molecule has 1 atom stereocenters. The van der Waals surface area contributed by atoms with Crippen molar-refractivity contribution in [2.75, 3.05) is 26.2 Å². The van der Waals surface area contributed by atoms with Gasteiger partial charge in [-0.15, -0.1) is 0 Å². The molecular formula is C17H30N2O. The number of unbranched alkanes of at least 4 members (excludes halogenated alkanes) is 1. The number of nitrogens with zero attached hydrogens (tertiary/aromatic N) is 1. The summed E-state index contributed by atoms with van der Waals surface area (Å²) in [6.07, 6.45) is 3.44. The average molecular weight is 278 g/mol. The van der Waals surface area contributed by atoms with Gasteiger partial charge in [0, 0.05) is 12.1 Å². The molecule has 1 unspecified atom stereocenters. The molecule has 0 aliphatic heterocycles. The fourth-order valence-electron chi connectivity index (χ4n) is 2.47. The smallest absolute Gasteiger partial charge is 0.124 e. The summed E-state index contributed by atoms with van der Waals surface area (Å²) in [7, 11) is 0. The molecular weight excluding hydrogens is 248 g/mol. The van der Waals surface area contributed by atoms with Crippen molar-refractivity contribution in [2.24, 2.45) is 5.73 Å². The zero-order chi connectivity index (χ0) is 14.8. The van der Waals surface area contributed by atoms with E-state index in [-0.39, 0.29) is 6.04 Å². The van der Waals surface area contributed by atoms with Gasteiger partial charge in [0.1, 0.15) is 5.75 Å². The standard InChI is InChI=1S/C17H30N2O/c1-4-7-12-19(6-3)16(14-18)15-10-8-9-11-17(15)20-13-5-2/h8-11,16H,4-7,12-14,18H2,1-3H3. The second-order valence-corrected chi connectivity index (χ2v) is 5.12. The molecule has 114 valence electrons. The lowest BCUT2D eigenvalue weighted by molar-refractivity contribution is 0.202. The van der Waals surface area contributed by atoms with Crippen molar-refractivity contribution in [2.45, 2.75) is 46.1 Å². The summed E-state index contributed by atoms with van der Waals surface area (Å²) in [6, 6.07) is 8.56. The lowest BCUT2D eigenvalue weighted by atomic mass is 10.0. The highest BCUT2D eigenvalue weighted by Gasteiger charge is 2.20. The Balaban J connectivity index is 2.91. The van der Waals surface area contributed by atoms with Crippen molar-refractivity contribution in [3.8, 4) is 5.75 Å². The second-order valence-electron chi connectivity index (χ2n) is 5.12. The minimum Gasteiger partial charge on any atom is -0.493 e. The molecule has 0 radical (unpaired) electrons. The maximum atomic E-state index is 6.05. The maximum Gasteiger partial charge on any atom is 0.124 e.